The molecule has 13 heteroatoms. The topological polar surface area (TPSA) is 237 Å². The number of allylic oxidation sites excluding steroid dienone is 2. The first-order valence-electron chi connectivity index (χ1n) is 19.9. The molecule has 312 valence electrons. The highest BCUT2D eigenvalue weighted by Gasteiger charge is 2.44. The molecule has 4 aromatic carbocycles. The number of likely N-dealkylation sites (N-methyl/N-ethyl adjacent to an activating group) is 1. The molecule has 0 aromatic heterocycles. The fourth-order valence-corrected chi connectivity index (χ4v) is 8.71. The average molecular weight is 810 g/mol. The number of aromatic hydroxyl groups is 8. The van der Waals surface area contributed by atoms with E-state index in [4.69, 9.17) is 4.74 Å². The van der Waals surface area contributed by atoms with E-state index in [2.05, 4.69) is 5.32 Å². The molecule has 0 heterocycles. The first-order valence-corrected chi connectivity index (χ1v) is 19.9. The van der Waals surface area contributed by atoms with Gasteiger partial charge >= 0.3 is 11.9 Å². The SMILES string of the molecule is CCCCC/C(=C\C(=O)O[C@@H](C(=O)O)[C@H](CNCC)c1cc(O)c(O)c(O)c1)c1cc(O)c(O)c2c1C=C(c1cc(O)c(O)cc1-c1cccc(O)c1)CC21CCCC1. The van der Waals surface area contributed by atoms with Gasteiger partial charge < -0.3 is 56.0 Å². The molecule has 2 aliphatic rings. The second-order valence-electron chi connectivity index (χ2n) is 15.5. The predicted molar refractivity (Wildman–Crippen MR) is 222 cm³/mol. The van der Waals surface area contributed by atoms with E-state index < -0.39 is 46.6 Å². The van der Waals surface area contributed by atoms with Gasteiger partial charge in [0.2, 0.25) is 6.10 Å². The zero-order chi connectivity index (χ0) is 42.6. The Morgan fingerprint density at radius 3 is 2.10 bits per heavy atom. The molecule has 1 spiro atoms. The van der Waals surface area contributed by atoms with Crippen molar-refractivity contribution in [3.8, 4) is 57.1 Å². The van der Waals surface area contributed by atoms with Crippen molar-refractivity contribution >= 4 is 29.2 Å². The minimum absolute atomic E-state index is 0.00474. The van der Waals surface area contributed by atoms with Crippen LogP contribution in [-0.4, -0.2) is 77.1 Å². The molecule has 0 radical (unpaired) electrons. The quantitative estimate of drug-likeness (QED) is 0.0237. The van der Waals surface area contributed by atoms with Crippen molar-refractivity contribution in [2.75, 3.05) is 13.1 Å². The van der Waals surface area contributed by atoms with Crippen molar-refractivity contribution in [2.24, 2.45) is 0 Å². The van der Waals surface area contributed by atoms with Gasteiger partial charge in [0.1, 0.15) is 5.75 Å². The monoisotopic (exact) mass is 809 g/mol. The largest absolute Gasteiger partial charge is 0.508 e. The third kappa shape index (κ3) is 8.75. The number of ether oxygens (including phenoxy) is 1. The Kier molecular flexibility index (Phi) is 12.6. The molecule has 2 atom stereocenters. The van der Waals surface area contributed by atoms with Crippen LogP contribution in [0.4, 0.5) is 0 Å². The van der Waals surface area contributed by atoms with E-state index in [0.717, 1.165) is 43.4 Å². The van der Waals surface area contributed by atoms with Crippen LogP contribution in [0.2, 0.25) is 0 Å². The number of hydrogen-bond donors (Lipinski definition) is 10. The zero-order valence-electron chi connectivity index (χ0n) is 33.0. The van der Waals surface area contributed by atoms with Gasteiger partial charge in [-0.2, -0.15) is 0 Å². The Hall–Kier alpha value is -6.34. The van der Waals surface area contributed by atoms with Crippen molar-refractivity contribution in [3.63, 3.8) is 0 Å². The zero-order valence-corrected chi connectivity index (χ0v) is 33.0. The Balaban J connectivity index is 1.52. The van der Waals surface area contributed by atoms with Crippen LogP contribution in [0.3, 0.4) is 0 Å². The highest BCUT2D eigenvalue weighted by atomic mass is 16.6. The molecular weight excluding hydrogens is 759 g/mol. The second kappa shape index (κ2) is 17.7. The van der Waals surface area contributed by atoms with Gasteiger partial charge in [-0.25, -0.2) is 9.59 Å². The van der Waals surface area contributed by atoms with Crippen LogP contribution in [0, 0.1) is 0 Å². The van der Waals surface area contributed by atoms with Gasteiger partial charge in [0.25, 0.3) is 0 Å². The molecule has 1 saturated carbocycles. The van der Waals surface area contributed by atoms with E-state index in [1.54, 1.807) is 25.1 Å². The number of nitrogens with one attached hydrogen (secondary N) is 1. The molecule has 10 N–H and O–H groups in total. The Labute approximate surface area is 341 Å². The van der Waals surface area contributed by atoms with Crippen LogP contribution < -0.4 is 5.32 Å². The van der Waals surface area contributed by atoms with E-state index in [9.17, 15) is 55.5 Å². The number of carbonyl (C=O) groups is 2. The molecule has 0 bridgehead atoms. The lowest BCUT2D eigenvalue weighted by Crippen LogP contribution is -2.38. The maximum absolute atomic E-state index is 14.0. The van der Waals surface area contributed by atoms with Crippen molar-refractivity contribution in [1.82, 2.24) is 5.32 Å². The number of phenols is 8. The van der Waals surface area contributed by atoms with Crippen molar-refractivity contribution in [2.45, 2.75) is 89.1 Å². The highest BCUT2D eigenvalue weighted by molar-refractivity contribution is 5.99. The molecule has 0 saturated heterocycles. The number of fused-ring (bicyclic) bond motifs is 2. The summed E-state index contributed by atoms with van der Waals surface area (Å²) in [6.45, 7) is 4.18. The first-order chi connectivity index (χ1) is 28.2. The summed E-state index contributed by atoms with van der Waals surface area (Å²) >= 11 is 0. The lowest BCUT2D eigenvalue weighted by molar-refractivity contribution is -0.162. The normalized spacial score (nSPS) is 15.7. The van der Waals surface area contributed by atoms with E-state index in [-0.39, 0.29) is 40.9 Å². The highest BCUT2D eigenvalue weighted by Crippen LogP contribution is 2.58. The Morgan fingerprint density at radius 1 is 0.814 bits per heavy atom. The van der Waals surface area contributed by atoms with Gasteiger partial charge in [0.05, 0.1) is 0 Å². The second-order valence-corrected chi connectivity index (χ2v) is 15.5. The van der Waals surface area contributed by atoms with Gasteiger partial charge in [-0.15, -0.1) is 0 Å². The third-order valence-corrected chi connectivity index (χ3v) is 11.6. The molecule has 0 aliphatic heterocycles. The first kappa shape index (κ1) is 42.3. The summed E-state index contributed by atoms with van der Waals surface area (Å²) in [7, 11) is 0. The van der Waals surface area contributed by atoms with Gasteiger partial charge in [-0.05, 0) is 126 Å². The lowest BCUT2D eigenvalue weighted by Gasteiger charge is -2.38. The van der Waals surface area contributed by atoms with E-state index in [1.807, 2.05) is 13.0 Å². The smallest absolute Gasteiger partial charge is 0.345 e. The van der Waals surface area contributed by atoms with Crippen LogP contribution in [0.25, 0.3) is 28.3 Å². The average Bonchev–Trinajstić information content (AvgIpc) is 3.66. The minimum Gasteiger partial charge on any atom is -0.508 e. The summed E-state index contributed by atoms with van der Waals surface area (Å²) in [5.74, 6) is -7.15. The van der Waals surface area contributed by atoms with Crippen LogP contribution in [0.1, 0.15) is 105 Å². The maximum atomic E-state index is 14.0. The van der Waals surface area contributed by atoms with Crippen LogP contribution in [-0.2, 0) is 19.7 Å². The number of esters is 1. The third-order valence-electron chi connectivity index (χ3n) is 11.6. The molecule has 13 nitrogen and oxygen atoms in total. The Bertz CT molecular complexity index is 2280. The van der Waals surface area contributed by atoms with E-state index in [1.165, 1.54) is 30.3 Å². The number of carboxylic acids is 1. The van der Waals surface area contributed by atoms with E-state index >= 15 is 0 Å². The summed E-state index contributed by atoms with van der Waals surface area (Å²) in [5, 5.41) is 98.7. The van der Waals surface area contributed by atoms with Crippen molar-refractivity contribution < 1.29 is 60.3 Å². The fraction of sp³-hybridized carbons (Fsp3) is 0.348. The number of benzene rings is 4. The molecular formula is C46H51NO12. The standard InChI is InChI=1S/C46H51NO12/c1-3-5-6-10-26(19-40(54)59-44(45(57)58)34(24-47-4-2)27-17-37(51)42(55)38(52)18-27)31-22-39(53)43(56)41-33(31)16-28(23-46(41)13-7-8-14-46)32-21-36(50)35(49)20-30(32)25-11-9-12-29(48)15-25/h9,11-12,15-22,34,44,47-53,55-56H,3-8,10,13-14,23-24H2,1-2H3,(H,57,58)/b26-19+/t34-,44-/m1/s1. The number of carbonyl (C=O) groups excluding carboxylic acids is 1. The van der Waals surface area contributed by atoms with Gasteiger partial charge in [0, 0.05) is 29.5 Å². The number of hydrogen-bond acceptors (Lipinski definition) is 12. The Morgan fingerprint density at radius 2 is 1.47 bits per heavy atom. The van der Waals surface area contributed by atoms with E-state index in [0.29, 0.717) is 77.6 Å². The summed E-state index contributed by atoms with van der Waals surface area (Å²) < 4.78 is 5.69. The van der Waals surface area contributed by atoms with Crippen LogP contribution >= 0.6 is 0 Å². The number of phenolic OH excluding ortho intramolecular Hbond substituents is 8. The summed E-state index contributed by atoms with van der Waals surface area (Å²) in [6, 6.07) is 13.0. The van der Waals surface area contributed by atoms with Gasteiger partial charge in [0.15, 0.2) is 40.2 Å². The lowest BCUT2D eigenvalue weighted by atomic mass is 9.65. The number of carboxylic acid groups (broad SMARTS) is 1. The van der Waals surface area contributed by atoms with Gasteiger partial charge in [-0.1, -0.05) is 57.7 Å². The molecule has 4 aromatic rings. The van der Waals surface area contributed by atoms with Crippen molar-refractivity contribution in [3.05, 3.63) is 88.5 Å². The number of rotatable bonds is 15. The van der Waals surface area contributed by atoms with Gasteiger partial charge in [-0.3, -0.25) is 0 Å². The molecule has 59 heavy (non-hydrogen) atoms. The molecule has 2 aliphatic carbocycles. The predicted octanol–water partition coefficient (Wildman–Crippen LogP) is 8.11. The maximum Gasteiger partial charge on any atom is 0.345 e. The molecule has 6 rings (SSSR count). The van der Waals surface area contributed by atoms with Crippen LogP contribution in [0.15, 0.2) is 60.7 Å². The molecule has 0 unspecified atom stereocenters. The molecule has 0 amide bonds. The summed E-state index contributed by atoms with van der Waals surface area (Å²) in [4.78, 5) is 26.8. The minimum atomic E-state index is -1.81. The number of aliphatic carboxylic acids is 1. The van der Waals surface area contributed by atoms with Crippen molar-refractivity contribution in [1.29, 1.82) is 0 Å². The summed E-state index contributed by atoms with van der Waals surface area (Å²) in [5.41, 5.74) is 3.73. The summed E-state index contributed by atoms with van der Waals surface area (Å²) in [6.07, 6.45) is 7.16. The van der Waals surface area contributed by atoms with Crippen LogP contribution in [0.5, 0.6) is 46.0 Å². The number of unbranched alkanes of at least 4 members (excludes halogenated alkanes) is 2. The molecule has 1 fully saturated rings. The fourth-order valence-electron chi connectivity index (χ4n) is 8.71.